The van der Waals surface area contributed by atoms with Gasteiger partial charge in [0.15, 0.2) is 11.5 Å². The number of hydrogen-bond donors (Lipinski definition) is 2. The lowest BCUT2D eigenvalue weighted by atomic mass is 9.84. The van der Waals surface area contributed by atoms with Gasteiger partial charge in [0.25, 0.3) is 5.91 Å². The van der Waals surface area contributed by atoms with Crippen molar-refractivity contribution in [2.75, 3.05) is 19.0 Å². The number of methoxy groups -OCH3 is 1. The maximum atomic E-state index is 13.5. The predicted octanol–water partition coefficient (Wildman–Crippen LogP) is 4.21. The second kappa shape index (κ2) is 7.69. The molecular formula is C26H27N3O4. The highest BCUT2D eigenvalue weighted by molar-refractivity contribution is 6.11. The summed E-state index contributed by atoms with van der Waals surface area (Å²) in [7, 11) is 1.50. The van der Waals surface area contributed by atoms with Crippen molar-refractivity contribution in [3.05, 3.63) is 65.0 Å². The van der Waals surface area contributed by atoms with Crippen LogP contribution in [0.4, 0.5) is 5.69 Å². The number of rotatable bonds is 4. The Morgan fingerprint density at radius 3 is 2.73 bits per heavy atom. The number of carbonyl (C=O) groups excluding carboxylic acids is 2. The SMILES string of the molecule is COc1ccc(C2C3=C(CN(C(C)=O)C3=O)Nc3cccc4c3c2cn4CC(C)C)cc1O. The third kappa shape index (κ3) is 3.26. The van der Waals surface area contributed by atoms with E-state index in [2.05, 4.69) is 36.0 Å². The van der Waals surface area contributed by atoms with Crippen LogP contribution in [0.2, 0.25) is 0 Å². The molecule has 0 fully saturated rings. The first kappa shape index (κ1) is 21.1. The number of amides is 2. The van der Waals surface area contributed by atoms with Gasteiger partial charge in [0.2, 0.25) is 5.91 Å². The van der Waals surface area contributed by atoms with E-state index >= 15 is 0 Å². The van der Waals surface area contributed by atoms with Crippen molar-refractivity contribution >= 4 is 28.4 Å². The number of phenolic OH excluding ortho intramolecular Hbond substituents is 1. The first-order valence-electron chi connectivity index (χ1n) is 11.1. The van der Waals surface area contributed by atoms with Crippen LogP contribution in [-0.2, 0) is 16.1 Å². The number of benzene rings is 2. The van der Waals surface area contributed by atoms with Crippen molar-refractivity contribution in [3.8, 4) is 11.5 Å². The van der Waals surface area contributed by atoms with Gasteiger partial charge < -0.3 is 19.7 Å². The Morgan fingerprint density at radius 2 is 2.06 bits per heavy atom. The maximum Gasteiger partial charge on any atom is 0.259 e. The molecule has 2 aliphatic rings. The van der Waals surface area contributed by atoms with E-state index in [1.54, 1.807) is 12.1 Å². The minimum atomic E-state index is -0.444. The molecule has 0 saturated carbocycles. The summed E-state index contributed by atoms with van der Waals surface area (Å²) in [4.78, 5) is 27.0. The zero-order chi connectivity index (χ0) is 23.4. The lowest BCUT2D eigenvalue weighted by Gasteiger charge is -2.20. The van der Waals surface area contributed by atoms with E-state index in [4.69, 9.17) is 4.74 Å². The number of aromatic nitrogens is 1. The van der Waals surface area contributed by atoms with Crippen LogP contribution in [-0.4, -0.2) is 40.0 Å². The first-order chi connectivity index (χ1) is 15.8. The van der Waals surface area contributed by atoms with E-state index in [9.17, 15) is 14.7 Å². The molecule has 0 radical (unpaired) electrons. The van der Waals surface area contributed by atoms with Crippen molar-refractivity contribution in [2.24, 2.45) is 5.92 Å². The fourth-order valence-electron chi connectivity index (χ4n) is 5.05. The number of nitrogens with zero attached hydrogens (tertiary/aromatic N) is 2. The minimum absolute atomic E-state index is 0.00867. The molecule has 2 aliphatic heterocycles. The highest BCUT2D eigenvalue weighted by Crippen LogP contribution is 2.47. The second-order valence-electron chi connectivity index (χ2n) is 9.12. The molecule has 7 nitrogen and oxygen atoms in total. The average Bonchev–Trinajstić information content (AvgIpc) is 3.23. The number of ether oxygens (including phenoxy) is 1. The molecule has 7 heteroatoms. The summed E-state index contributed by atoms with van der Waals surface area (Å²) in [5, 5.41) is 15.1. The number of phenols is 1. The van der Waals surface area contributed by atoms with Gasteiger partial charge in [-0.3, -0.25) is 14.5 Å². The van der Waals surface area contributed by atoms with Crippen LogP contribution < -0.4 is 10.1 Å². The van der Waals surface area contributed by atoms with Crippen LogP contribution in [0.15, 0.2) is 53.9 Å². The lowest BCUT2D eigenvalue weighted by Crippen LogP contribution is -2.33. The van der Waals surface area contributed by atoms with Crippen molar-refractivity contribution in [1.82, 2.24) is 9.47 Å². The minimum Gasteiger partial charge on any atom is -0.504 e. The molecule has 2 amide bonds. The smallest absolute Gasteiger partial charge is 0.259 e. The Labute approximate surface area is 192 Å². The van der Waals surface area contributed by atoms with E-state index in [1.165, 1.54) is 18.9 Å². The molecule has 5 rings (SSSR count). The summed E-state index contributed by atoms with van der Waals surface area (Å²) in [5.41, 5.74) is 4.99. The number of imide groups is 1. The van der Waals surface area contributed by atoms with Gasteiger partial charge in [0.1, 0.15) is 0 Å². The van der Waals surface area contributed by atoms with Gasteiger partial charge in [-0.25, -0.2) is 0 Å². The Morgan fingerprint density at radius 1 is 1.27 bits per heavy atom. The zero-order valence-electron chi connectivity index (χ0n) is 19.2. The molecule has 1 unspecified atom stereocenters. The predicted molar refractivity (Wildman–Crippen MR) is 126 cm³/mol. The number of hydrogen-bond acceptors (Lipinski definition) is 5. The fourth-order valence-corrected chi connectivity index (χ4v) is 5.05. The number of aromatic hydroxyl groups is 1. The van der Waals surface area contributed by atoms with E-state index in [0.29, 0.717) is 17.2 Å². The summed E-state index contributed by atoms with van der Waals surface area (Å²) in [6.07, 6.45) is 2.11. The molecule has 3 aromatic rings. The van der Waals surface area contributed by atoms with Gasteiger partial charge in [0.05, 0.1) is 24.7 Å². The van der Waals surface area contributed by atoms with Crippen molar-refractivity contribution in [1.29, 1.82) is 0 Å². The molecule has 2 N–H and O–H groups in total. The van der Waals surface area contributed by atoms with Crippen molar-refractivity contribution in [3.63, 3.8) is 0 Å². The molecule has 0 aliphatic carbocycles. The highest BCUT2D eigenvalue weighted by atomic mass is 16.5. The summed E-state index contributed by atoms with van der Waals surface area (Å²) in [6, 6.07) is 11.3. The van der Waals surface area contributed by atoms with Crippen LogP contribution in [0.5, 0.6) is 11.5 Å². The van der Waals surface area contributed by atoms with Crippen LogP contribution >= 0.6 is 0 Å². The average molecular weight is 446 g/mol. The second-order valence-corrected chi connectivity index (χ2v) is 9.12. The van der Waals surface area contributed by atoms with Crippen LogP contribution in [0.3, 0.4) is 0 Å². The normalized spacial score (nSPS) is 17.4. The lowest BCUT2D eigenvalue weighted by molar-refractivity contribution is -0.139. The van der Waals surface area contributed by atoms with Crippen molar-refractivity contribution < 1.29 is 19.4 Å². The Balaban J connectivity index is 1.79. The van der Waals surface area contributed by atoms with Gasteiger partial charge in [-0.05, 0) is 41.3 Å². The molecule has 1 aromatic heterocycles. The van der Waals surface area contributed by atoms with Crippen LogP contribution in [0.25, 0.3) is 10.9 Å². The first-order valence-corrected chi connectivity index (χ1v) is 11.1. The van der Waals surface area contributed by atoms with E-state index in [-0.39, 0.29) is 24.1 Å². The van der Waals surface area contributed by atoms with Gasteiger partial charge >= 0.3 is 0 Å². The summed E-state index contributed by atoms with van der Waals surface area (Å²) < 4.78 is 7.46. The van der Waals surface area contributed by atoms with Gasteiger partial charge in [-0.1, -0.05) is 26.0 Å². The summed E-state index contributed by atoms with van der Waals surface area (Å²) in [6.45, 7) is 6.78. The third-order valence-electron chi connectivity index (χ3n) is 6.42. The van der Waals surface area contributed by atoms with Gasteiger partial charge in [-0.15, -0.1) is 0 Å². The standard InChI is InChI=1S/C26H27N3O4/c1-14(2)11-28-12-17-23(16-8-9-22(33-4)21(31)10-16)25-19(13-29(15(3)30)26(25)32)27-18-6-5-7-20(28)24(17)18/h5-10,12,14,23,27,31H,11,13H2,1-4H3. The molecule has 0 saturated heterocycles. The molecule has 0 spiro atoms. The van der Waals surface area contributed by atoms with Gasteiger partial charge in [0, 0.05) is 42.4 Å². The molecular weight excluding hydrogens is 418 g/mol. The number of nitrogens with one attached hydrogen (secondary N) is 1. The van der Waals surface area contributed by atoms with E-state index < -0.39 is 5.92 Å². The fraction of sp³-hybridized carbons (Fsp3) is 0.308. The summed E-state index contributed by atoms with van der Waals surface area (Å²) in [5.74, 6) is -0.224. The van der Waals surface area contributed by atoms with Crippen molar-refractivity contribution in [2.45, 2.75) is 33.2 Å². The monoisotopic (exact) mass is 445 g/mol. The molecule has 1 atom stereocenters. The number of anilines is 1. The summed E-state index contributed by atoms with van der Waals surface area (Å²) >= 11 is 0. The van der Waals surface area contributed by atoms with E-state index in [1.807, 2.05) is 18.2 Å². The maximum absolute atomic E-state index is 13.5. The number of carbonyl (C=O) groups is 2. The largest absolute Gasteiger partial charge is 0.504 e. The Bertz CT molecular complexity index is 1330. The Kier molecular flexibility index (Phi) is 4.92. The zero-order valence-corrected chi connectivity index (χ0v) is 19.2. The molecule has 0 bridgehead atoms. The molecule has 170 valence electrons. The quantitative estimate of drug-likeness (QED) is 0.629. The van der Waals surface area contributed by atoms with E-state index in [0.717, 1.165) is 40.0 Å². The molecule has 33 heavy (non-hydrogen) atoms. The Hall–Kier alpha value is -3.74. The highest BCUT2D eigenvalue weighted by Gasteiger charge is 2.41. The third-order valence-corrected chi connectivity index (χ3v) is 6.42. The van der Waals surface area contributed by atoms with Crippen LogP contribution in [0, 0.1) is 5.92 Å². The van der Waals surface area contributed by atoms with Crippen LogP contribution in [0.1, 0.15) is 37.8 Å². The molecule has 2 aromatic carbocycles. The van der Waals surface area contributed by atoms with Gasteiger partial charge in [-0.2, -0.15) is 0 Å². The molecule has 3 heterocycles. The topological polar surface area (TPSA) is 83.8 Å².